The van der Waals surface area contributed by atoms with Crippen molar-refractivity contribution in [1.29, 1.82) is 0 Å². The third-order valence-corrected chi connectivity index (χ3v) is 5.84. The first-order valence-corrected chi connectivity index (χ1v) is 10.3. The molecule has 2 fully saturated rings. The van der Waals surface area contributed by atoms with Crippen molar-refractivity contribution < 1.29 is 14.3 Å². The molecule has 2 aliphatic heterocycles. The van der Waals surface area contributed by atoms with E-state index in [9.17, 15) is 4.79 Å². The van der Waals surface area contributed by atoms with Crippen LogP contribution in [0.4, 0.5) is 5.82 Å². The summed E-state index contributed by atoms with van der Waals surface area (Å²) in [7, 11) is 3.24. The number of rotatable bonds is 5. The van der Waals surface area contributed by atoms with Crippen LogP contribution < -0.4 is 14.4 Å². The average Bonchev–Trinajstić information content (AvgIpc) is 3.33. The van der Waals surface area contributed by atoms with E-state index in [-0.39, 0.29) is 5.92 Å². The van der Waals surface area contributed by atoms with Crippen LogP contribution in [-0.4, -0.2) is 61.4 Å². The van der Waals surface area contributed by atoms with Crippen molar-refractivity contribution in [1.82, 2.24) is 15.1 Å². The minimum absolute atomic E-state index is 0.0641. The van der Waals surface area contributed by atoms with Gasteiger partial charge in [0.25, 0.3) is 0 Å². The van der Waals surface area contributed by atoms with Gasteiger partial charge in [-0.1, -0.05) is 0 Å². The standard InChI is InChI=1S/C22H28N4O3/c1-28-19-9-7-16(14-20(19)29-2)18-8-10-21(24-23-18)26-13-5-6-17(15-26)22(27)25-11-3-4-12-25/h7-10,14,17H,3-6,11-13,15H2,1-2H3. The van der Waals surface area contributed by atoms with Gasteiger partial charge in [-0.3, -0.25) is 4.79 Å². The van der Waals surface area contributed by atoms with Crippen molar-refractivity contribution in [3.8, 4) is 22.8 Å². The molecule has 3 heterocycles. The zero-order valence-corrected chi connectivity index (χ0v) is 17.1. The molecule has 29 heavy (non-hydrogen) atoms. The number of carbonyl (C=O) groups is 1. The summed E-state index contributed by atoms with van der Waals surface area (Å²) in [6.45, 7) is 3.46. The van der Waals surface area contributed by atoms with Gasteiger partial charge >= 0.3 is 0 Å². The molecule has 2 saturated heterocycles. The second kappa shape index (κ2) is 8.68. The largest absolute Gasteiger partial charge is 0.493 e. The topological polar surface area (TPSA) is 67.8 Å². The number of ether oxygens (including phenoxy) is 2. The van der Waals surface area contributed by atoms with Crippen molar-refractivity contribution in [2.45, 2.75) is 25.7 Å². The van der Waals surface area contributed by atoms with E-state index in [1.807, 2.05) is 35.2 Å². The summed E-state index contributed by atoms with van der Waals surface area (Å²) in [6, 6.07) is 9.66. The maximum absolute atomic E-state index is 12.8. The maximum atomic E-state index is 12.8. The Kier molecular flexibility index (Phi) is 5.83. The number of amides is 1. The van der Waals surface area contributed by atoms with Crippen LogP contribution in [0.5, 0.6) is 11.5 Å². The molecule has 1 aromatic carbocycles. The Morgan fingerprint density at radius 1 is 0.966 bits per heavy atom. The molecule has 4 rings (SSSR count). The molecule has 0 bridgehead atoms. The first-order chi connectivity index (χ1) is 14.2. The van der Waals surface area contributed by atoms with E-state index in [1.165, 1.54) is 0 Å². The van der Waals surface area contributed by atoms with Crippen LogP contribution in [0.2, 0.25) is 0 Å². The fraction of sp³-hybridized carbons (Fsp3) is 0.500. The van der Waals surface area contributed by atoms with Gasteiger partial charge < -0.3 is 19.3 Å². The molecule has 1 aromatic heterocycles. The number of carbonyl (C=O) groups excluding carboxylic acids is 1. The quantitative estimate of drug-likeness (QED) is 0.774. The molecule has 2 aromatic rings. The van der Waals surface area contributed by atoms with E-state index in [2.05, 4.69) is 15.1 Å². The molecule has 1 unspecified atom stereocenters. The number of benzene rings is 1. The highest BCUT2D eigenvalue weighted by Gasteiger charge is 2.31. The normalized spacial score (nSPS) is 19.3. The Balaban J connectivity index is 1.46. The number of hydrogen-bond donors (Lipinski definition) is 0. The summed E-state index contributed by atoms with van der Waals surface area (Å²) in [5, 5.41) is 8.87. The first kappa shape index (κ1) is 19.5. The molecule has 0 radical (unpaired) electrons. The van der Waals surface area contributed by atoms with E-state index >= 15 is 0 Å². The molecule has 2 aliphatic rings. The zero-order valence-electron chi connectivity index (χ0n) is 17.1. The molecule has 0 N–H and O–H groups in total. The lowest BCUT2D eigenvalue weighted by Crippen LogP contribution is -2.44. The van der Waals surface area contributed by atoms with Gasteiger partial charge in [0.15, 0.2) is 17.3 Å². The van der Waals surface area contributed by atoms with Crippen molar-refractivity contribution >= 4 is 11.7 Å². The first-order valence-electron chi connectivity index (χ1n) is 10.3. The monoisotopic (exact) mass is 396 g/mol. The Labute approximate surface area is 171 Å². The third-order valence-electron chi connectivity index (χ3n) is 5.84. The van der Waals surface area contributed by atoms with Crippen LogP contribution in [-0.2, 0) is 4.79 Å². The lowest BCUT2D eigenvalue weighted by Gasteiger charge is -2.34. The van der Waals surface area contributed by atoms with Gasteiger partial charge in [-0.2, -0.15) is 0 Å². The van der Waals surface area contributed by atoms with Crippen LogP contribution in [0, 0.1) is 5.92 Å². The summed E-state index contributed by atoms with van der Waals surface area (Å²) < 4.78 is 10.7. The minimum atomic E-state index is 0.0641. The number of methoxy groups -OCH3 is 2. The fourth-order valence-electron chi connectivity index (χ4n) is 4.23. The fourth-order valence-corrected chi connectivity index (χ4v) is 4.23. The smallest absolute Gasteiger partial charge is 0.227 e. The van der Waals surface area contributed by atoms with Gasteiger partial charge in [0.2, 0.25) is 5.91 Å². The predicted octanol–water partition coefficient (Wildman–Crippen LogP) is 3.00. The molecule has 1 amide bonds. The van der Waals surface area contributed by atoms with Crippen LogP contribution in [0.1, 0.15) is 25.7 Å². The van der Waals surface area contributed by atoms with Gasteiger partial charge in [-0.05, 0) is 56.0 Å². The Morgan fingerprint density at radius 3 is 2.45 bits per heavy atom. The Hall–Kier alpha value is -2.83. The molecular weight excluding hydrogens is 368 g/mol. The van der Waals surface area contributed by atoms with Gasteiger partial charge in [0, 0.05) is 31.7 Å². The van der Waals surface area contributed by atoms with E-state index < -0.39 is 0 Å². The van der Waals surface area contributed by atoms with E-state index in [0.717, 1.165) is 68.9 Å². The Bertz CT molecular complexity index is 850. The summed E-state index contributed by atoms with van der Waals surface area (Å²) in [6.07, 6.45) is 4.23. The molecule has 7 nitrogen and oxygen atoms in total. The lowest BCUT2D eigenvalue weighted by atomic mass is 9.96. The maximum Gasteiger partial charge on any atom is 0.227 e. The highest BCUT2D eigenvalue weighted by atomic mass is 16.5. The second-order valence-electron chi connectivity index (χ2n) is 7.66. The average molecular weight is 396 g/mol. The summed E-state index contributed by atoms with van der Waals surface area (Å²) in [5.74, 6) is 2.54. The van der Waals surface area contributed by atoms with Crippen LogP contribution in [0.3, 0.4) is 0 Å². The molecule has 154 valence electrons. The van der Waals surface area contributed by atoms with Gasteiger partial charge in [0.05, 0.1) is 25.8 Å². The summed E-state index contributed by atoms with van der Waals surface area (Å²) in [5.41, 5.74) is 1.69. The van der Waals surface area contributed by atoms with Crippen molar-refractivity contribution in [2.24, 2.45) is 5.92 Å². The van der Waals surface area contributed by atoms with Crippen molar-refractivity contribution in [3.05, 3.63) is 30.3 Å². The number of likely N-dealkylation sites (tertiary alicyclic amines) is 1. The summed E-state index contributed by atoms with van der Waals surface area (Å²) in [4.78, 5) is 17.0. The van der Waals surface area contributed by atoms with Crippen LogP contribution in [0.15, 0.2) is 30.3 Å². The summed E-state index contributed by atoms with van der Waals surface area (Å²) >= 11 is 0. The van der Waals surface area contributed by atoms with Gasteiger partial charge in [-0.15, -0.1) is 10.2 Å². The molecule has 0 saturated carbocycles. The molecular formula is C22H28N4O3. The zero-order chi connectivity index (χ0) is 20.2. The van der Waals surface area contributed by atoms with Crippen LogP contribution in [0.25, 0.3) is 11.3 Å². The highest BCUT2D eigenvalue weighted by Crippen LogP contribution is 2.32. The van der Waals surface area contributed by atoms with E-state index in [4.69, 9.17) is 9.47 Å². The SMILES string of the molecule is COc1ccc(-c2ccc(N3CCCC(C(=O)N4CCCC4)C3)nn2)cc1OC. The van der Waals surface area contributed by atoms with E-state index in [1.54, 1.807) is 14.2 Å². The third kappa shape index (κ3) is 4.13. The highest BCUT2D eigenvalue weighted by molar-refractivity contribution is 5.80. The number of anilines is 1. The van der Waals surface area contributed by atoms with E-state index in [0.29, 0.717) is 17.4 Å². The molecule has 0 aliphatic carbocycles. The molecule has 7 heteroatoms. The number of nitrogens with zero attached hydrogens (tertiary/aromatic N) is 4. The minimum Gasteiger partial charge on any atom is -0.493 e. The Morgan fingerprint density at radius 2 is 1.76 bits per heavy atom. The van der Waals surface area contributed by atoms with Gasteiger partial charge in [0.1, 0.15) is 0 Å². The number of aromatic nitrogens is 2. The van der Waals surface area contributed by atoms with Crippen LogP contribution >= 0.6 is 0 Å². The molecule has 1 atom stereocenters. The van der Waals surface area contributed by atoms with Crippen molar-refractivity contribution in [2.75, 3.05) is 45.3 Å². The van der Waals surface area contributed by atoms with Crippen molar-refractivity contribution in [3.63, 3.8) is 0 Å². The lowest BCUT2D eigenvalue weighted by molar-refractivity contribution is -0.134. The number of hydrogen-bond acceptors (Lipinski definition) is 6. The molecule has 0 spiro atoms. The second-order valence-corrected chi connectivity index (χ2v) is 7.66. The predicted molar refractivity (Wildman–Crippen MR) is 111 cm³/mol. The number of piperidine rings is 1. The van der Waals surface area contributed by atoms with Gasteiger partial charge in [-0.25, -0.2) is 0 Å².